The van der Waals surface area contributed by atoms with Crippen molar-refractivity contribution in [3.8, 4) is 5.69 Å². The summed E-state index contributed by atoms with van der Waals surface area (Å²) in [5, 5.41) is 7.47. The molecule has 0 radical (unpaired) electrons. The van der Waals surface area contributed by atoms with Crippen molar-refractivity contribution in [3.63, 3.8) is 0 Å². The molecule has 0 aliphatic carbocycles. The van der Waals surface area contributed by atoms with Crippen LogP contribution >= 0.6 is 23.2 Å². The van der Waals surface area contributed by atoms with E-state index in [2.05, 4.69) is 10.4 Å². The number of rotatable bonds is 5. The summed E-state index contributed by atoms with van der Waals surface area (Å²) in [6, 6.07) is 13.2. The molecule has 0 spiro atoms. The largest absolute Gasteiger partial charge is 0.449 e. The predicted octanol–water partition coefficient (Wildman–Crippen LogP) is 4.36. The zero-order chi connectivity index (χ0) is 19.4. The molecule has 1 N–H and O–H groups in total. The number of carbonyl (C=O) groups excluding carboxylic acids is 2. The van der Waals surface area contributed by atoms with Crippen LogP contribution in [0.15, 0.2) is 60.9 Å². The highest BCUT2D eigenvalue weighted by Gasteiger charge is 2.20. The molecule has 3 rings (SSSR count). The van der Waals surface area contributed by atoms with E-state index in [1.165, 1.54) is 13.0 Å². The van der Waals surface area contributed by atoms with Gasteiger partial charge in [-0.15, -0.1) is 0 Å². The molecule has 1 unspecified atom stereocenters. The Morgan fingerprint density at radius 3 is 2.56 bits per heavy atom. The molecule has 8 heteroatoms. The van der Waals surface area contributed by atoms with Crippen LogP contribution in [-0.2, 0) is 9.53 Å². The Labute approximate surface area is 165 Å². The van der Waals surface area contributed by atoms with Crippen LogP contribution < -0.4 is 5.32 Å². The monoisotopic (exact) mass is 403 g/mol. The summed E-state index contributed by atoms with van der Waals surface area (Å²) in [4.78, 5) is 24.5. The summed E-state index contributed by atoms with van der Waals surface area (Å²) < 4.78 is 6.89. The zero-order valence-electron chi connectivity index (χ0n) is 14.2. The molecule has 3 aromatic rings. The number of aromatic nitrogens is 2. The van der Waals surface area contributed by atoms with Crippen LogP contribution in [0.2, 0.25) is 10.0 Å². The lowest BCUT2D eigenvalue weighted by Crippen LogP contribution is -2.30. The minimum atomic E-state index is -1.02. The molecular formula is C19H15Cl2N3O3. The van der Waals surface area contributed by atoms with Crippen LogP contribution in [0.5, 0.6) is 0 Å². The molecule has 0 aliphatic rings. The Kier molecular flexibility index (Phi) is 5.78. The second-order valence-electron chi connectivity index (χ2n) is 5.66. The minimum Gasteiger partial charge on any atom is -0.449 e. The van der Waals surface area contributed by atoms with Crippen LogP contribution in [0.1, 0.15) is 17.3 Å². The predicted molar refractivity (Wildman–Crippen MR) is 104 cm³/mol. The fraction of sp³-hybridized carbons (Fsp3) is 0.105. The lowest BCUT2D eigenvalue weighted by Gasteiger charge is -2.14. The van der Waals surface area contributed by atoms with Crippen LogP contribution in [0.25, 0.3) is 5.69 Å². The van der Waals surface area contributed by atoms with Gasteiger partial charge in [0, 0.05) is 17.4 Å². The van der Waals surface area contributed by atoms with Crippen molar-refractivity contribution >= 4 is 40.8 Å². The van der Waals surface area contributed by atoms with E-state index in [9.17, 15) is 9.59 Å². The van der Waals surface area contributed by atoms with Gasteiger partial charge in [0.15, 0.2) is 6.10 Å². The number of nitrogens with one attached hydrogen (secondary N) is 1. The molecule has 0 saturated carbocycles. The van der Waals surface area contributed by atoms with Gasteiger partial charge in [-0.3, -0.25) is 4.79 Å². The SMILES string of the molecule is CC(OC(=O)c1ccc(-n2cccn2)cc1)C(=O)Nc1cc(Cl)ccc1Cl. The molecule has 27 heavy (non-hydrogen) atoms. The molecule has 0 aliphatic heterocycles. The summed E-state index contributed by atoms with van der Waals surface area (Å²) in [6.45, 7) is 1.48. The third-order valence-electron chi connectivity index (χ3n) is 3.71. The van der Waals surface area contributed by atoms with Crippen molar-refractivity contribution in [2.75, 3.05) is 5.32 Å². The molecule has 1 aromatic heterocycles. The van der Waals surface area contributed by atoms with Gasteiger partial charge in [0.2, 0.25) is 0 Å². The van der Waals surface area contributed by atoms with Gasteiger partial charge in [-0.05, 0) is 55.5 Å². The maximum atomic E-state index is 12.3. The molecule has 6 nitrogen and oxygen atoms in total. The average molecular weight is 404 g/mol. The average Bonchev–Trinajstić information content (AvgIpc) is 3.19. The lowest BCUT2D eigenvalue weighted by molar-refractivity contribution is -0.123. The van der Waals surface area contributed by atoms with Gasteiger partial charge in [0.05, 0.1) is 22.0 Å². The van der Waals surface area contributed by atoms with E-state index >= 15 is 0 Å². The Hall–Kier alpha value is -2.83. The number of hydrogen-bond donors (Lipinski definition) is 1. The van der Waals surface area contributed by atoms with Gasteiger partial charge in [-0.1, -0.05) is 23.2 Å². The standard InChI is InChI=1S/C19H15Cl2N3O3/c1-12(18(25)23-17-11-14(20)5-8-16(17)21)27-19(26)13-3-6-15(7-4-13)24-10-2-9-22-24/h2-12H,1H3,(H,23,25). The number of benzene rings is 2. The van der Waals surface area contributed by atoms with Crippen LogP contribution in [-0.4, -0.2) is 27.8 Å². The Morgan fingerprint density at radius 2 is 1.89 bits per heavy atom. The van der Waals surface area contributed by atoms with Crippen molar-refractivity contribution in [1.82, 2.24) is 9.78 Å². The number of halogens is 2. The van der Waals surface area contributed by atoms with Gasteiger partial charge >= 0.3 is 5.97 Å². The first kappa shape index (κ1) is 18.9. The first-order valence-corrected chi connectivity index (χ1v) is 8.76. The van der Waals surface area contributed by atoms with Crippen molar-refractivity contribution in [3.05, 3.63) is 76.5 Å². The highest BCUT2D eigenvalue weighted by molar-refractivity contribution is 6.35. The van der Waals surface area contributed by atoms with Gasteiger partial charge in [-0.25, -0.2) is 9.48 Å². The molecule has 2 aromatic carbocycles. The number of nitrogens with zero attached hydrogens (tertiary/aromatic N) is 2. The van der Waals surface area contributed by atoms with E-state index in [-0.39, 0.29) is 0 Å². The number of amides is 1. The molecule has 138 valence electrons. The fourth-order valence-electron chi connectivity index (χ4n) is 2.28. The van der Waals surface area contributed by atoms with Crippen LogP contribution in [0, 0.1) is 0 Å². The molecular weight excluding hydrogens is 389 g/mol. The summed E-state index contributed by atoms with van der Waals surface area (Å²) in [5.41, 5.74) is 1.48. The molecule has 1 heterocycles. The topological polar surface area (TPSA) is 73.2 Å². The normalized spacial score (nSPS) is 11.7. The molecule has 0 saturated heterocycles. The van der Waals surface area contributed by atoms with Crippen molar-refractivity contribution in [2.45, 2.75) is 13.0 Å². The van der Waals surface area contributed by atoms with E-state index in [1.807, 2.05) is 0 Å². The maximum absolute atomic E-state index is 12.3. The highest BCUT2D eigenvalue weighted by atomic mass is 35.5. The van der Waals surface area contributed by atoms with Gasteiger partial charge in [-0.2, -0.15) is 5.10 Å². The van der Waals surface area contributed by atoms with Gasteiger partial charge in [0.1, 0.15) is 0 Å². The summed E-state index contributed by atoms with van der Waals surface area (Å²) in [6.07, 6.45) is 2.44. The Bertz CT molecular complexity index is 957. The van der Waals surface area contributed by atoms with Crippen LogP contribution in [0.3, 0.4) is 0 Å². The van der Waals surface area contributed by atoms with Crippen LogP contribution in [0.4, 0.5) is 5.69 Å². The number of ether oxygens (including phenoxy) is 1. The smallest absolute Gasteiger partial charge is 0.338 e. The Morgan fingerprint density at radius 1 is 1.15 bits per heavy atom. The van der Waals surface area contributed by atoms with E-state index in [0.29, 0.717) is 21.3 Å². The number of hydrogen-bond acceptors (Lipinski definition) is 4. The van der Waals surface area contributed by atoms with E-state index in [0.717, 1.165) is 5.69 Å². The van der Waals surface area contributed by atoms with Gasteiger partial charge in [0.25, 0.3) is 5.91 Å². The fourth-order valence-corrected chi connectivity index (χ4v) is 2.62. The summed E-state index contributed by atoms with van der Waals surface area (Å²) in [7, 11) is 0. The van der Waals surface area contributed by atoms with E-state index in [4.69, 9.17) is 27.9 Å². The second kappa shape index (κ2) is 8.24. The highest BCUT2D eigenvalue weighted by Crippen LogP contribution is 2.25. The molecule has 1 amide bonds. The molecule has 0 bridgehead atoms. The number of anilines is 1. The second-order valence-corrected chi connectivity index (χ2v) is 6.50. The van der Waals surface area contributed by atoms with Crippen molar-refractivity contribution < 1.29 is 14.3 Å². The van der Waals surface area contributed by atoms with Gasteiger partial charge < -0.3 is 10.1 Å². The maximum Gasteiger partial charge on any atom is 0.338 e. The molecule has 0 fully saturated rings. The minimum absolute atomic E-state index is 0.325. The third-order valence-corrected chi connectivity index (χ3v) is 4.28. The number of carbonyl (C=O) groups is 2. The first-order valence-electron chi connectivity index (χ1n) is 8.01. The third kappa shape index (κ3) is 4.67. The zero-order valence-corrected chi connectivity index (χ0v) is 15.7. The number of esters is 1. The molecule has 1 atom stereocenters. The van der Waals surface area contributed by atoms with E-state index < -0.39 is 18.0 Å². The van der Waals surface area contributed by atoms with Crippen molar-refractivity contribution in [1.29, 1.82) is 0 Å². The summed E-state index contributed by atoms with van der Waals surface area (Å²) in [5.74, 6) is -1.12. The lowest BCUT2D eigenvalue weighted by atomic mass is 10.2. The first-order chi connectivity index (χ1) is 12.9. The van der Waals surface area contributed by atoms with E-state index in [1.54, 1.807) is 59.5 Å². The summed E-state index contributed by atoms with van der Waals surface area (Å²) >= 11 is 11.9. The Balaban J connectivity index is 1.63. The van der Waals surface area contributed by atoms with Crippen molar-refractivity contribution in [2.24, 2.45) is 0 Å². The quantitative estimate of drug-likeness (QED) is 0.642.